The van der Waals surface area contributed by atoms with E-state index in [0.29, 0.717) is 16.7 Å². The molecule has 3 aliphatic rings. The molecule has 2 atom stereocenters. The summed E-state index contributed by atoms with van der Waals surface area (Å²) in [6.07, 6.45) is 2.16. The summed E-state index contributed by atoms with van der Waals surface area (Å²) < 4.78 is 0. The van der Waals surface area contributed by atoms with Crippen molar-refractivity contribution >= 4 is 22.5 Å². The standard InChI is InChI=1S/C24H24N6OS/c1-14-8-18(9-15(2)27-14)22-21(17-5-3-4-16(10-17)11-25)28-23(32-22)29-24(31)30-13-19-6-7-20(30)12-26-19/h3-5,8-10,19-20,26H,6-7,12-13H2,1-2H3,(H,28,29,31)/t19-,20-/m1/s1. The fraction of sp³-hybridized carbons (Fsp3) is 0.333. The van der Waals surface area contributed by atoms with Crippen LogP contribution in [0.15, 0.2) is 36.4 Å². The molecule has 7 nitrogen and oxygen atoms in total. The third-order valence-electron chi connectivity index (χ3n) is 6.06. The molecule has 2 amide bonds. The molecule has 2 bridgehead atoms. The number of urea groups is 1. The second kappa shape index (κ2) is 8.34. The van der Waals surface area contributed by atoms with Crippen molar-refractivity contribution in [2.24, 2.45) is 0 Å². The molecule has 162 valence electrons. The molecule has 1 aromatic carbocycles. The number of aryl methyl sites for hydroxylation is 2. The summed E-state index contributed by atoms with van der Waals surface area (Å²) in [4.78, 5) is 25.2. The Kier molecular flexibility index (Phi) is 5.37. The number of pyridine rings is 1. The van der Waals surface area contributed by atoms with Gasteiger partial charge in [0, 0.05) is 42.1 Å². The van der Waals surface area contributed by atoms with Crippen molar-refractivity contribution < 1.29 is 4.79 Å². The Bertz CT molecular complexity index is 1200. The van der Waals surface area contributed by atoms with Gasteiger partial charge in [-0.25, -0.2) is 9.78 Å². The maximum absolute atomic E-state index is 13.1. The van der Waals surface area contributed by atoms with Crippen LogP contribution in [0, 0.1) is 25.2 Å². The fourth-order valence-corrected chi connectivity index (χ4v) is 5.55. The van der Waals surface area contributed by atoms with E-state index in [1.54, 1.807) is 6.07 Å². The Labute approximate surface area is 191 Å². The quantitative estimate of drug-likeness (QED) is 0.627. The van der Waals surface area contributed by atoms with E-state index in [4.69, 9.17) is 4.98 Å². The van der Waals surface area contributed by atoms with Crippen molar-refractivity contribution in [3.63, 3.8) is 0 Å². The minimum atomic E-state index is -0.0964. The van der Waals surface area contributed by atoms with Gasteiger partial charge in [0.1, 0.15) is 0 Å². The van der Waals surface area contributed by atoms with E-state index in [2.05, 4.69) is 21.7 Å². The minimum absolute atomic E-state index is 0.0964. The van der Waals surface area contributed by atoms with Crippen molar-refractivity contribution in [3.05, 3.63) is 53.3 Å². The van der Waals surface area contributed by atoms with Crippen LogP contribution in [0.1, 0.15) is 29.8 Å². The van der Waals surface area contributed by atoms with Crippen molar-refractivity contribution in [1.29, 1.82) is 5.26 Å². The molecule has 0 unspecified atom stereocenters. The van der Waals surface area contributed by atoms with Crippen LogP contribution in [0.3, 0.4) is 0 Å². The first kappa shape index (κ1) is 20.6. The molecule has 6 rings (SSSR count). The molecule has 3 aromatic rings. The van der Waals surface area contributed by atoms with Crippen LogP contribution in [0.5, 0.6) is 0 Å². The average molecular weight is 445 g/mol. The van der Waals surface area contributed by atoms with Crippen LogP contribution < -0.4 is 10.6 Å². The average Bonchev–Trinajstić information content (AvgIpc) is 3.23. The number of hydrogen-bond acceptors (Lipinski definition) is 6. The largest absolute Gasteiger partial charge is 0.323 e. The molecule has 0 radical (unpaired) electrons. The summed E-state index contributed by atoms with van der Waals surface area (Å²) >= 11 is 1.45. The molecule has 0 saturated carbocycles. The lowest BCUT2D eigenvalue weighted by Crippen LogP contribution is -2.63. The second-order valence-corrected chi connectivity index (χ2v) is 9.45. The van der Waals surface area contributed by atoms with Crippen LogP contribution in [-0.4, -0.2) is 46.1 Å². The maximum atomic E-state index is 13.1. The predicted molar refractivity (Wildman–Crippen MR) is 126 cm³/mol. The van der Waals surface area contributed by atoms with Gasteiger partial charge >= 0.3 is 6.03 Å². The molecular weight excluding hydrogens is 420 g/mol. The van der Waals surface area contributed by atoms with Gasteiger partial charge in [0.05, 0.1) is 22.2 Å². The van der Waals surface area contributed by atoms with Gasteiger partial charge in [-0.15, -0.1) is 0 Å². The number of nitrogens with zero attached hydrogens (tertiary/aromatic N) is 4. The Hall–Kier alpha value is -3.28. The predicted octanol–water partition coefficient (Wildman–Crippen LogP) is 4.33. The zero-order valence-corrected chi connectivity index (χ0v) is 18.9. The highest BCUT2D eigenvalue weighted by atomic mass is 32.1. The van der Waals surface area contributed by atoms with E-state index >= 15 is 0 Å². The number of fused-ring (bicyclic) bond motifs is 3. The number of benzene rings is 1. The van der Waals surface area contributed by atoms with E-state index in [9.17, 15) is 10.1 Å². The molecule has 2 N–H and O–H groups in total. The van der Waals surface area contributed by atoms with Crippen LogP contribution in [-0.2, 0) is 0 Å². The monoisotopic (exact) mass is 444 g/mol. The minimum Gasteiger partial charge on any atom is -0.319 e. The summed E-state index contributed by atoms with van der Waals surface area (Å²) in [5.74, 6) is 0. The van der Waals surface area contributed by atoms with Crippen molar-refractivity contribution in [2.75, 3.05) is 18.4 Å². The topological polar surface area (TPSA) is 93.9 Å². The van der Waals surface area contributed by atoms with Gasteiger partial charge in [-0.05, 0) is 56.5 Å². The number of thiazole rings is 1. The zero-order valence-electron chi connectivity index (χ0n) is 18.1. The first-order chi connectivity index (χ1) is 15.5. The molecule has 3 saturated heterocycles. The van der Waals surface area contributed by atoms with Gasteiger partial charge in [0.2, 0.25) is 0 Å². The van der Waals surface area contributed by atoms with E-state index in [0.717, 1.165) is 59.0 Å². The van der Waals surface area contributed by atoms with Crippen molar-refractivity contribution in [1.82, 2.24) is 20.2 Å². The summed E-state index contributed by atoms with van der Waals surface area (Å²) in [5.41, 5.74) is 5.04. The van der Waals surface area contributed by atoms with Crippen LogP contribution in [0.2, 0.25) is 0 Å². The van der Waals surface area contributed by atoms with Gasteiger partial charge in [0.25, 0.3) is 0 Å². The number of aromatic nitrogens is 2. The zero-order chi connectivity index (χ0) is 22.2. The lowest BCUT2D eigenvalue weighted by molar-refractivity contribution is 0.106. The third-order valence-corrected chi connectivity index (χ3v) is 7.08. The van der Waals surface area contributed by atoms with E-state index < -0.39 is 0 Å². The first-order valence-corrected chi connectivity index (χ1v) is 11.6. The highest BCUT2D eigenvalue weighted by Gasteiger charge is 2.36. The number of hydrogen-bond donors (Lipinski definition) is 2. The number of piperidine rings is 2. The van der Waals surface area contributed by atoms with Gasteiger partial charge in [-0.1, -0.05) is 23.5 Å². The molecule has 2 aromatic heterocycles. The first-order valence-electron chi connectivity index (χ1n) is 10.8. The van der Waals surface area contributed by atoms with Gasteiger partial charge in [-0.2, -0.15) is 5.26 Å². The van der Waals surface area contributed by atoms with E-state index in [-0.39, 0.29) is 12.1 Å². The SMILES string of the molecule is Cc1cc(-c2sc(NC(=O)N3C[C@H]4CC[C@@H]3CN4)nc2-c2cccc(C#N)c2)cc(C)n1. The van der Waals surface area contributed by atoms with E-state index in [1.807, 2.05) is 49.1 Å². The number of anilines is 1. The lowest BCUT2D eigenvalue weighted by Gasteiger charge is -2.45. The number of nitriles is 1. The molecule has 32 heavy (non-hydrogen) atoms. The number of carbonyl (C=O) groups is 1. The number of nitrogens with one attached hydrogen (secondary N) is 2. The van der Waals surface area contributed by atoms with Crippen LogP contribution in [0.25, 0.3) is 21.7 Å². The molecule has 0 spiro atoms. The number of piperazine rings is 1. The van der Waals surface area contributed by atoms with Crippen molar-refractivity contribution in [2.45, 2.75) is 38.8 Å². The second-order valence-electron chi connectivity index (χ2n) is 8.45. The molecule has 8 heteroatoms. The van der Waals surface area contributed by atoms with E-state index in [1.165, 1.54) is 11.3 Å². The summed E-state index contributed by atoms with van der Waals surface area (Å²) in [7, 11) is 0. The van der Waals surface area contributed by atoms with Crippen LogP contribution in [0.4, 0.5) is 9.93 Å². The third kappa shape index (κ3) is 3.97. The Morgan fingerprint density at radius 1 is 1.19 bits per heavy atom. The molecular formula is C24H24N6OS. The Morgan fingerprint density at radius 2 is 2.00 bits per heavy atom. The smallest absolute Gasteiger partial charge is 0.319 e. The number of amides is 2. The van der Waals surface area contributed by atoms with Gasteiger partial charge < -0.3 is 10.2 Å². The summed E-state index contributed by atoms with van der Waals surface area (Å²) in [5, 5.41) is 16.4. The summed E-state index contributed by atoms with van der Waals surface area (Å²) in [6.45, 7) is 5.52. The molecule has 3 aliphatic heterocycles. The highest BCUT2D eigenvalue weighted by Crippen LogP contribution is 2.40. The normalized spacial score (nSPS) is 19.6. The Morgan fingerprint density at radius 3 is 2.66 bits per heavy atom. The van der Waals surface area contributed by atoms with Crippen molar-refractivity contribution in [3.8, 4) is 27.8 Å². The number of rotatable bonds is 3. The molecule has 5 heterocycles. The highest BCUT2D eigenvalue weighted by molar-refractivity contribution is 7.19. The molecule has 0 aliphatic carbocycles. The number of carbonyl (C=O) groups excluding carboxylic acids is 1. The van der Waals surface area contributed by atoms with Gasteiger partial charge in [-0.3, -0.25) is 10.3 Å². The van der Waals surface area contributed by atoms with Crippen LogP contribution >= 0.6 is 11.3 Å². The molecule has 3 fully saturated rings. The Balaban J connectivity index is 1.52. The lowest BCUT2D eigenvalue weighted by atomic mass is 9.93. The maximum Gasteiger partial charge on any atom is 0.323 e. The summed E-state index contributed by atoms with van der Waals surface area (Å²) in [6, 6.07) is 14.2. The fourth-order valence-electron chi connectivity index (χ4n) is 4.59. The van der Waals surface area contributed by atoms with Gasteiger partial charge in [0.15, 0.2) is 5.13 Å².